The van der Waals surface area contributed by atoms with Crippen LogP contribution in [0.3, 0.4) is 0 Å². The van der Waals surface area contributed by atoms with Crippen LogP contribution in [0.1, 0.15) is 19.8 Å². The summed E-state index contributed by atoms with van der Waals surface area (Å²) >= 11 is 5.99. The molecule has 0 aromatic carbocycles. The van der Waals surface area contributed by atoms with Gasteiger partial charge in [-0.3, -0.25) is 0 Å². The fraction of sp³-hybridized carbons (Fsp3) is 0.500. The molecule has 2 aromatic rings. The summed E-state index contributed by atoms with van der Waals surface area (Å²) in [5.41, 5.74) is 0. The van der Waals surface area contributed by atoms with E-state index in [4.69, 9.17) is 11.6 Å². The van der Waals surface area contributed by atoms with Crippen LogP contribution in [0, 0.1) is 0 Å². The first kappa shape index (κ1) is 9.84. The SMILES string of the molecule is CC1CCCN1c1cc(Cl)nc2ncnn12. The maximum atomic E-state index is 5.99. The minimum Gasteiger partial charge on any atom is -0.354 e. The lowest BCUT2D eigenvalue weighted by Crippen LogP contribution is -2.28. The summed E-state index contributed by atoms with van der Waals surface area (Å²) in [6, 6.07) is 2.37. The molecule has 0 saturated carbocycles. The molecule has 0 spiro atoms. The molecule has 0 N–H and O–H groups in total. The smallest absolute Gasteiger partial charge is 0.255 e. The standard InChI is InChI=1S/C10H12ClN5/c1-7-3-2-4-15(7)9-5-8(11)14-10-12-6-13-16(9)10/h5-7H,2-4H2,1H3. The van der Waals surface area contributed by atoms with Crippen LogP contribution < -0.4 is 4.90 Å². The molecule has 0 bridgehead atoms. The van der Waals surface area contributed by atoms with Gasteiger partial charge in [-0.15, -0.1) is 0 Å². The van der Waals surface area contributed by atoms with E-state index < -0.39 is 0 Å². The van der Waals surface area contributed by atoms with Gasteiger partial charge in [-0.25, -0.2) is 0 Å². The van der Waals surface area contributed by atoms with Gasteiger partial charge in [0.2, 0.25) is 0 Å². The lowest BCUT2D eigenvalue weighted by molar-refractivity contribution is 0.712. The average Bonchev–Trinajstić information content (AvgIpc) is 2.84. The molecule has 0 aliphatic carbocycles. The first-order valence-electron chi connectivity index (χ1n) is 5.38. The van der Waals surface area contributed by atoms with E-state index in [0.717, 1.165) is 12.4 Å². The van der Waals surface area contributed by atoms with Crippen LogP contribution in [0.25, 0.3) is 5.78 Å². The molecule has 0 amide bonds. The number of halogens is 1. The van der Waals surface area contributed by atoms with E-state index in [2.05, 4.69) is 26.9 Å². The van der Waals surface area contributed by atoms with Crippen LogP contribution in [-0.4, -0.2) is 32.2 Å². The Kier molecular flexibility index (Phi) is 2.21. The van der Waals surface area contributed by atoms with Crippen molar-refractivity contribution in [1.29, 1.82) is 0 Å². The highest BCUT2D eigenvalue weighted by atomic mass is 35.5. The zero-order valence-corrected chi connectivity index (χ0v) is 9.72. The molecular weight excluding hydrogens is 226 g/mol. The van der Waals surface area contributed by atoms with Gasteiger partial charge in [-0.05, 0) is 19.8 Å². The highest BCUT2D eigenvalue weighted by molar-refractivity contribution is 6.29. The quantitative estimate of drug-likeness (QED) is 0.710. The highest BCUT2D eigenvalue weighted by Crippen LogP contribution is 2.26. The molecule has 1 unspecified atom stereocenters. The number of hydrogen-bond donors (Lipinski definition) is 0. The van der Waals surface area contributed by atoms with Crippen molar-refractivity contribution >= 4 is 23.2 Å². The van der Waals surface area contributed by atoms with E-state index in [1.54, 1.807) is 4.52 Å². The number of nitrogens with zero attached hydrogens (tertiary/aromatic N) is 5. The van der Waals surface area contributed by atoms with Crippen LogP contribution in [-0.2, 0) is 0 Å². The zero-order chi connectivity index (χ0) is 11.1. The van der Waals surface area contributed by atoms with E-state index in [9.17, 15) is 0 Å². The fourth-order valence-corrected chi connectivity index (χ4v) is 2.42. The predicted molar refractivity (Wildman–Crippen MR) is 61.8 cm³/mol. The minimum atomic E-state index is 0.467. The molecule has 3 rings (SSSR count). The van der Waals surface area contributed by atoms with E-state index in [-0.39, 0.29) is 0 Å². The summed E-state index contributed by atoms with van der Waals surface area (Å²) in [5, 5.41) is 4.65. The zero-order valence-electron chi connectivity index (χ0n) is 8.97. The summed E-state index contributed by atoms with van der Waals surface area (Å²) in [6.07, 6.45) is 3.91. The van der Waals surface area contributed by atoms with Gasteiger partial charge in [0.05, 0.1) is 0 Å². The third-order valence-electron chi connectivity index (χ3n) is 3.05. The van der Waals surface area contributed by atoms with Crippen molar-refractivity contribution in [3.05, 3.63) is 17.5 Å². The third-order valence-corrected chi connectivity index (χ3v) is 3.24. The second kappa shape index (κ2) is 3.59. The largest absolute Gasteiger partial charge is 0.354 e. The van der Waals surface area contributed by atoms with Crippen molar-refractivity contribution in [3.8, 4) is 0 Å². The van der Waals surface area contributed by atoms with Crippen LogP contribution in [0.15, 0.2) is 12.4 Å². The molecule has 1 saturated heterocycles. The van der Waals surface area contributed by atoms with Gasteiger partial charge in [-0.2, -0.15) is 19.6 Å². The summed E-state index contributed by atoms with van der Waals surface area (Å²) < 4.78 is 1.74. The first-order valence-corrected chi connectivity index (χ1v) is 5.76. The Hall–Kier alpha value is -1.36. The summed E-state index contributed by atoms with van der Waals surface area (Å²) in [5.74, 6) is 1.54. The van der Waals surface area contributed by atoms with Crippen LogP contribution in [0.2, 0.25) is 5.15 Å². The maximum Gasteiger partial charge on any atom is 0.255 e. The van der Waals surface area contributed by atoms with Crippen LogP contribution >= 0.6 is 11.6 Å². The van der Waals surface area contributed by atoms with Crippen molar-refractivity contribution in [2.24, 2.45) is 0 Å². The first-order chi connectivity index (χ1) is 7.75. The Labute approximate surface area is 98.1 Å². The molecule has 16 heavy (non-hydrogen) atoms. The average molecular weight is 238 g/mol. The number of rotatable bonds is 1. The molecule has 5 nitrogen and oxygen atoms in total. The van der Waals surface area contributed by atoms with E-state index in [0.29, 0.717) is 17.0 Å². The number of hydrogen-bond acceptors (Lipinski definition) is 4. The monoisotopic (exact) mass is 237 g/mol. The second-order valence-corrected chi connectivity index (χ2v) is 4.48. The normalized spacial score (nSPS) is 20.9. The fourth-order valence-electron chi connectivity index (χ4n) is 2.25. The Bertz CT molecular complexity index is 523. The molecule has 84 valence electrons. The lowest BCUT2D eigenvalue weighted by Gasteiger charge is -2.23. The van der Waals surface area contributed by atoms with Crippen LogP contribution in [0.5, 0.6) is 0 Å². The highest BCUT2D eigenvalue weighted by Gasteiger charge is 2.23. The lowest BCUT2D eigenvalue weighted by atomic mass is 10.2. The van der Waals surface area contributed by atoms with Gasteiger partial charge in [0, 0.05) is 18.7 Å². The van der Waals surface area contributed by atoms with Crippen molar-refractivity contribution in [2.75, 3.05) is 11.4 Å². The Morgan fingerprint density at radius 3 is 3.12 bits per heavy atom. The van der Waals surface area contributed by atoms with Gasteiger partial charge in [0.1, 0.15) is 17.3 Å². The second-order valence-electron chi connectivity index (χ2n) is 4.09. The minimum absolute atomic E-state index is 0.467. The van der Waals surface area contributed by atoms with E-state index >= 15 is 0 Å². The number of aromatic nitrogens is 4. The van der Waals surface area contributed by atoms with Crippen molar-refractivity contribution in [2.45, 2.75) is 25.8 Å². The van der Waals surface area contributed by atoms with Gasteiger partial charge < -0.3 is 4.90 Å². The number of anilines is 1. The summed E-state index contributed by atoms with van der Waals surface area (Å²) in [7, 11) is 0. The van der Waals surface area contributed by atoms with Gasteiger partial charge in [0.15, 0.2) is 0 Å². The third kappa shape index (κ3) is 1.43. The molecule has 2 aromatic heterocycles. The van der Waals surface area contributed by atoms with Gasteiger partial charge in [-0.1, -0.05) is 11.6 Å². The maximum absolute atomic E-state index is 5.99. The van der Waals surface area contributed by atoms with E-state index in [1.165, 1.54) is 19.2 Å². The van der Waals surface area contributed by atoms with Crippen LogP contribution in [0.4, 0.5) is 5.82 Å². The predicted octanol–water partition coefficient (Wildman–Crippen LogP) is 1.77. The molecule has 3 heterocycles. The van der Waals surface area contributed by atoms with Crippen molar-refractivity contribution in [3.63, 3.8) is 0 Å². The molecule has 6 heteroatoms. The molecule has 1 fully saturated rings. The van der Waals surface area contributed by atoms with E-state index in [1.807, 2.05) is 6.07 Å². The molecule has 1 aliphatic rings. The van der Waals surface area contributed by atoms with Crippen molar-refractivity contribution < 1.29 is 0 Å². The molecule has 1 atom stereocenters. The van der Waals surface area contributed by atoms with Crippen molar-refractivity contribution in [1.82, 2.24) is 19.6 Å². The molecule has 0 radical (unpaired) electrons. The Morgan fingerprint density at radius 2 is 2.38 bits per heavy atom. The summed E-state index contributed by atoms with van der Waals surface area (Å²) in [4.78, 5) is 10.5. The molecular formula is C10H12ClN5. The van der Waals surface area contributed by atoms with Gasteiger partial charge in [0.25, 0.3) is 5.78 Å². The Morgan fingerprint density at radius 1 is 1.50 bits per heavy atom. The number of fused-ring (bicyclic) bond motifs is 1. The summed E-state index contributed by atoms with van der Waals surface area (Å²) in [6.45, 7) is 3.25. The Balaban J connectivity index is 2.17. The molecule has 1 aliphatic heterocycles. The topological polar surface area (TPSA) is 46.3 Å². The van der Waals surface area contributed by atoms with Gasteiger partial charge >= 0.3 is 0 Å².